The first-order valence-electron chi connectivity index (χ1n) is 12.8. The molecule has 6 heteroatoms. The van der Waals surface area contributed by atoms with Gasteiger partial charge in [-0.1, -0.05) is 47.5 Å². The first kappa shape index (κ1) is 26.0. The zero-order valence-corrected chi connectivity index (χ0v) is 22.3. The van der Waals surface area contributed by atoms with Gasteiger partial charge < -0.3 is 10.3 Å². The van der Waals surface area contributed by atoms with E-state index in [0.717, 1.165) is 38.8 Å². The average molecular weight is 504 g/mol. The van der Waals surface area contributed by atoms with Crippen LogP contribution in [0.15, 0.2) is 66.7 Å². The molecule has 36 heavy (non-hydrogen) atoms. The molecule has 5 nitrogen and oxygen atoms in total. The Morgan fingerprint density at radius 3 is 2.28 bits per heavy atom. The minimum absolute atomic E-state index is 0.0783. The predicted molar refractivity (Wildman–Crippen MR) is 152 cm³/mol. The minimum Gasteiger partial charge on any atom is -0.354 e. The first-order valence-corrected chi connectivity index (χ1v) is 14.5. The lowest BCUT2D eigenvalue weighted by atomic mass is 9.99. The lowest BCUT2D eigenvalue weighted by Crippen LogP contribution is -2.18. The number of anilines is 1. The van der Waals surface area contributed by atoms with Gasteiger partial charge in [0.15, 0.2) is 0 Å². The van der Waals surface area contributed by atoms with E-state index in [-0.39, 0.29) is 5.75 Å². The van der Waals surface area contributed by atoms with Gasteiger partial charge in [-0.3, -0.25) is 4.72 Å². The van der Waals surface area contributed by atoms with E-state index in [1.54, 1.807) is 6.92 Å². The second kappa shape index (κ2) is 11.8. The van der Waals surface area contributed by atoms with Crippen molar-refractivity contribution in [1.82, 2.24) is 10.3 Å². The van der Waals surface area contributed by atoms with Gasteiger partial charge in [0.2, 0.25) is 10.0 Å². The van der Waals surface area contributed by atoms with Gasteiger partial charge in [0, 0.05) is 22.3 Å². The van der Waals surface area contributed by atoms with Crippen LogP contribution in [0.3, 0.4) is 0 Å². The SMILES string of the molecule is CCS(=O)(=O)Nc1ccc(CCCCNCCc2c(-c3cc(C)cc(C)c3)[nH]c3ccccc23)cc1. The Bertz CT molecular complexity index is 1390. The molecule has 0 aliphatic rings. The summed E-state index contributed by atoms with van der Waals surface area (Å²) in [5, 5.41) is 4.93. The Labute approximate surface area is 215 Å². The second-order valence-corrected chi connectivity index (χ2v) is 11.6. The van der Waals surface area contributed by atoms with Crippen molar-refractivity contribution in [1.29, 1.82) is 0 Å². The van der Waals surface area contributed by atoms with Crippen LogP contribution < -0.4 is 10.0 Å². The maximum absolute atomic E-state index is 11.7. The highest BCUT2D eigenvalue weighted by atomic mass is 32.2. The molecule has 1 aromatic heterocycles. The third kappa shape index (κ3) is 6.77. The Morgan fingerprint density at radius 2 is 1.56 bits per heavy atom. The maximum Gasteiger partial charge on any atom is 0.232 e. The van der Waals surface area contributed by atoms with Crippen LogP contribution in [-0.2, 0) is 22.9 Å². The highest BCUT2D eigenvalue weighted by molar-refractivity contribution is 7.92. The molecule has 3 aromatic carbocycles. The van der Waals surface area contributed by atoms with E-state index in [0.29, 0.717) is 5.69 Å². The molecule has 0 unspecified atom stereocenters. The molecule has 0 amide bonds. The fraction of sp³-hybridized carbons (Fsp3) is 0.333. The first-order chi connectivity index (χ1) is 17.3. The van der Waals surface area contributed by atoms with E-state index in [2.05, 4.69) is 71.3 Å². The van der Waals surface area contributed by atoms with E-state index < -0.39 is 10.0 Å². The van der Waals surface area contributed by atoms with E-state index in [1.165, 1.54) is 44.4 Å². The zero-order chi connectivity index (χ0) is 25.5. The largest absolute Gasteiger partial charge is 0.354 e. The zero-order valence-electron chi connectivity index (χ0n) is 21.5. The molecular weight excluding hydrogens is 466 g/mol. The summed E-state index contributed by atoms with van der Waals surface area (Å²) in [5.41, 5.74) is 9.47. The van der Waals surface area contributed by atoms with Crippen LogP contribution in [0, 0.1) is 13.8 Å². The van der Waals surface area contributed by atoms with Crippen LogP contribution in [0.2, 0.25) is 0 Å². The molecule has 0 saturated carbocycles. The molecule has 0 aliphatic carbocycles. The number of hydrogen-bond acceptors (Lipinski definition) is 3. The van der Waals surface area contributed by atoms with Crippen LogP contribution in [0.4, 0.5) is 5.69 Å². The molecule has 4 aromatic rings. The van der Waals surface area contributed by atoms with Gasteiger partial charge in [-0.15, -0.1) is 0 Å². The Kier molecular flexibility index (Phi) is 8.49. The summed E-state index contributed by atoms with van der Waals surface area (Å²) in [6.07, 6.45) is 4.15. The number of nitrogens with one attached hydrogen (secondary N) is 3. The second-order valence-electron chi connectivity index (χ2n) is 9.56. The monoisotopic (exact) mass is 503 g/mol. The third-order valence-electron chi connectivity index (χ3n) is 6.55. The molecule has 0 spiro atoms. The Hall–Kier alpha value is -3.09. The molecule has 0 radical (unpaired) electrons. The third-order valence-corrected chi connectivity index (χ3v) is 7.86. The molecule has 0 aliphatic heterocycles. The number of rotatable bonds is 12. The van der Waals surface area contributed by atoms with Crippen molar-refractivity contribution < 1.29 is 8.42 Å². The van der Waals surface area contributed by atoms with Crippen LogP contribution >= 0.6 is 0 Å². The minimum atomic E-state index is -3.23. The molecule has 3 N–H and O–H groups in total. The number of fused-ring (bicyclic) bond motifs is 1. The predicted octanol–water partition coefficient (Wildman–Crippen LogP) is 6.37. The van der Waals surface area contributed by atoms with Gasteiger partial charge in [0.25, 0.3) is 0 Å². The Balaban J connectivity index is 1.28. The van der Waals surface area contributed by atoms with Crippen LogP contribution in [0.5, 0.6) is 0 Å². The van der Waals surface area contributed by atoms with Gasteiger partial charge in [0.1, 0.15) is 0 Å². The number of unbranched alkanes of at least 4 members (excludes halogenated alkanes) is 1. The number of aromatic nitrogens is 1. The maximum atomic E-state index is 11.7. The molecule has 190 valence electrons. The van der Waals surface area contributed by atoms with Crippen LogP contribution in [0.1, 0.15) is 42.0 Å². The number of benzene rings is 3. The smallest absolute Gasteiger partial charge is 0.232 e. The fourth-order valence-electron chi connectivity index (χ4n) is 4.73. The van der Waals surface area contributed by atoms with Gasteiger partial charge in [0.05, 0.1) is 5.75 Å². The standard InChI is InChI=1S/C30H37N3O2S/c1-4-36(34,35)33-26-14-12-24(13-15-26)9-7-8-17-31-18-16-28-27-10-5-6-11-29(27)32-30(28)25-20-22(2)19-23(3)21-25/h5-6,10-15,19-21,31-33H,4,7-9,16-18H2,1-3H3. The molecule has 0 saturated heterocycles. The summed E-state index contributed by atoms with van der Waals surface area (Å²) in [6.45, 7) is 7.86. The van der Waals surface area contributed by atoms with Gasteiger partial charge in [-0.05, 0) is 107 Å². The summed E-state index contributed by atoms with van der Waals surface area (Å²) in [5.74, 6) is 0.0783. The van der Waals surface area contributed by atoms with Gasteiger partial charge >= 0.3 is 0 Å². The number of para-hydroxylation sites is 1. The van der Waals surface area contributed by atoms with E-state index >= 15 is 0 Å². The molecule has 0 bridgehead atoms. The number of H-pyrrole nitrogens is 1. The molecule has 4 rings (SSSR count). The molecule has 0 atom stereocenters. The number of hydrogen-bond donors (Lipinski definition) is 3. The van der Waals surface area contributed by atoms with Crippen molar-refractivity contribution >= 4 is 26.6 Å². The summed E-state index contributed by atoms with van der Waals surface area (Å²) >= 11 is 0. The fourth-order valence-corrected chi connectivity index (χ4v) is 5.37. The van der Waals surface area contributed by atoms with E-state index in [4.69, 9.17) is 0 Å². The number of aryl methyl sites for hydroxylation is 3. The molecular formula is C30H37N3O2S. The average Bonchev–Trinajstić information content (AvgIpc) is 3.22. The van der Waals surface area contributed by atoms with Crippen molar-refractivity contribution in [3.63, 3.8) is 0 Å². The van der Waals surface area contributed by atoms with E-state index in [1.807, 2.05) is 24.3 Å². The van der Waals surface area contributed by atoms with Crippen molar-refractivity contribution in [2.75, 3.05) is 23.6 Å². The lowest BCUT2D eigenvalue weighted by Gasteiger charge is -2.09. The van der Waals surface area contributed by atoms with Crippen molar-refractivity contribution in [2.24, 2.45) is 0 Å². The summed E-state index contributed by atoms with van der Waals surface area (Å²) < 4.78 is 26.0. The summed E-state index contributed by atoms with van der Waals surface area (Å²) in [4.78, 5) is 3.67. The van der Waals surface area contributed by atoms with Crippen molar-refractivity contribution in [2.45, 2.75) is 46.5 Å². The molecule has 0 fully saturated rings. The quantitative estimate of drug-likeness (QED) is 0.197. The number of aromatic amines is 1. The van der Waals surface area contributed by atoms with Gasteiger partial charge in [-0.25, -0.2) is 8.42 Å². The Morgan fingerprint density at radius 1 is 0.833 bits per heavy atom. The summed E-state index contributed by atoms with van der Waals surface area (Å²) in [7, 11) is -3.23. The summed E-state index contributed by atoms with van der Waals surface area (Å²) in [6, 6.07) is 23.0. The van der Waals surface area contributed by atoms with Crippen LogP contribution in [-0.4, -0.2) is 32.2 Å². The highest BCUT2D eigenvalue weighted by Crippen LogP contribution is 2.31. The van der Waals surface area contributed by atoms with E-state index in [9.17, 15) is 8.42 Å². The normalized spacial score (nSPS) is 11.8. The van der Waals surface area contributed by atoms with Gasteiger partial charge in [-0.2, -0.15) is 0 Å². The molecule has 1 heterocycles. The van der Waals surface area contributed by atoms with Crippen LogP contribution in [0.25, 0.3) is 22.2 Å². The lowest BCUT2D eigenvalue weighted by molar-refractivity contribution is 0.602. The topological polar surface area (TPSA) is 74.0 Å². The highest BCUT2D eigenvalue weighted by Gasteiger charge is 2.13. The number of sulfonamides is 1. The van der Waals surface area contributed by atoms with Crippen molar-refractivity contribution in [3.05, 3.63) is 89.0 Å². The van der Waals surface area contributed by atoms with Crippen molar-refractivity contribution in [3.8, 4) is 11.3 Å².